The fraction of sp³-hybridized carbons (Fsp3) is 0.650. The molecule has 0 bridgehead atoms. The van der Waals surface area contributed by atoms with E-state index in [4.69, 9.17) is 18.9 Å². The Morgan fingerprint density at radius 1 is 1.16 bits per heavy atom. The van der Waals surface area contributed by atoms with Gasteiger partial charge >= 0.3 is 5.97 Å². The zero-order valence-corrected chi connectivity index (χ0v) is 15.9. The number of carbonyl (C=O) groups excluding carboxylic acids is 1. The van der Waals surface area contributed by atoms with Gasteiger partial charge in [-0.05, 0) is 40.2 Å². The van der Waals surface area contributed by atoms with Crippen LogP contribution < -0.4 is 0 Å². The zero-order valence-electron chi connectivity index (χ0n) is 15.9. The van der Waals surface area contributed by atoms with Crippen molar-refractivity contribution in [1.29, 1.82) is 0 Å². The van der Waals surface area contributed by atoms with Crippen LogP contribution in [0.15, 0.2) is 30.3 Å². The molecular formula is C20H30O5. The van der Waals surface area contributed by atoms with E-state index in [0.717, 1.165) is 5.56 Å². The quantitative estimate of drug-likeness (QED) is 0.730. The molecule has 0 aromatic heterocycles. The molecule has 1 fully saturated rings. The minimum absolute atomic E-state index is 0.111. The molecule has 140 valence electrons. The second kappa shape index (κ2) is 8.30. The summed E-state index contributed by atoms with van der Waals surface area (Å²) in [7, 11) is 0. The summed E-state index contributed by atoms with van der Waals surface area (Å²) in [6, 6.07) is 10.0. The first-order valence-corrected chi connectivity index (χ1v) is 8.82. The second-order valence-corrected chi connectivity index (χ2v) is 7.91. The predicted octanol–water partition coefficient (Wildman–Crippen LogP) is 3.85. The van der Waals surface area contributed by atoms with Gasteiger partial charge in [-0.1, -0.05) is 30.3 Å². The summed E-state index contributed by atoms with van der Waals surface area (Å²) in [4.78, 5) is 12.1. The second-order valence-electron chi connectivity index (χ2n) is 7.91. The number of carbonyl (C=O) groups is 1. The van der Waals surface area contributed by atoms with E-state index in [0.29, 0.717) is 19.6 Å². The fourth-order valence-electron chi connectivity index (χ4n) is 2.90. The minimum Gasteiger partial charge on any atom is -0.460 e. The molecule has 1 aliphatic rings. The molecule has 0 spiro atoms. The van der Waals surface area contributed by atoms with Gasteiger partial charge in [0.25, 0.3) is 0 Å². The van der Waals surface area contributed by atoms with Crippen LogP contribution in [0.4, 0.5) is 0 Å². The summed E-state index contributed by atoms with van der Waals surface area (Å²) < 4.78 is 23.0. The van der Waals surface area contributed by atoms with Crippen molar-refractivity contribution in [2.24, 2.45) is 0 Å². The monoisotopic (exact) mass is 350 g/mol. The number of hydrogen-bond donors (Lipinski definition) is 0. The van der Waals surface area contributed by atoms with Crippen molar-refractivity contribution in [2.45, 2.75) is 77.7 Å². The summed E-state index contributed by atoms with van der Waals surface area (Å²) in [5, 5.41) is 0. The third kappa shape index (κ3) is 7.55. The van der Waals surface area contributed by atoms with Crippen molar-refractivity contribution < 1.29 is 23.7 Å². The van der Waals surface area contributed by atoms with Crippen LogP contribution in [0.2, 0.25) is 0 Å². The molecule has 2 atom stereocenters. The van der Waals surface area contributed by atoms with Crippen LogP contribution in [0.25, 0.3) is 0 Å². The first-order valence-electron chi connectivity index (χ1n) is 8.82. The molecule has 0 N–H and O–H groups in total. The molecule has 1 aromatic rings. The van der Waals surface area contributed by atoms with E-state index < -0.39 is 11.4 Å². The number of ether oxygens (including phenoxy) is 4. The van der Waals surface area contributed by atoms with Crippen LogP contribution in [0.1, 0.15) is 53.0 Å². The van der Waals surface area contributed by atoms with E-state index in [1.165, 1.54) is 0 Å². The van der Waals surface area contributed by atoms with Gasteiger partial charge in [-0.2, -0.15) is 0 Å². The zero-order chi connectivity index (χ0) is 18.5. The molecule has 25 heavy (non-hydrogen) atoms. The third-order valence-electron chi connectivity index (χ3n) is 3.66. The highest BCUT2D eigenvalue weighted by molar-refractivity contribution is 5.70. The molecule has 0 amide bonds. The molecule has 5 nitrogen and oxygen atoms in total. The van der Waals surface area contributed by atoms with Gasteiger partial charge in [0.1, 0.15) is 5.60 Å². The van der Waals surface area contributed by atoms with Crippen LogP contribution in [0.3, 0.4) is 0 Å². The Balaban J connectivity index is 1.84. The van der Waals surface area contributed by atoms with Gasteiger partial charge in [0.05, 0.1) is 31.8 Å². The van der Waals surface area contributed by atoms with Crippen molar-refractivity contribution in [3.8, 4) is 0 Å². The van der Waals surface area contributed by atoms with E-state index in [9.17, 15) is 4.79 Å². The molecular weight excluding hydrogens is 320 g/mol. The van der Waals surface area contributed by atoms with Crippen molar-refractivity contribution in [2.75, 3.05) is 6.61 Å². The molecule has 5 heteroatoms. The lowest BCUT2D eigenvalue weighted by Gasteiger charge is -2.40. The average Bonchev–Trinajstić information content (AvgIpc) is 2.44. The van der Waals surface area contributed by atoms with Crippen molar-refractivity contribution in [1.82, 2.24) is 0 Å². The molecule has 1 heterocycles. The number of rotatable bonds is 6. The summed E-state index contributed by atoms with van der Waals surface area (Å²) in [6.07, 6.45) is 0.486. The highest BCUT2D eigenvalue weighted by atomic mass is 16.7. The topological polar surface area (TPSA) is 54.0 Å². The lowest BCUT2D eigenvalue weighted by molar-refractivity contribution is -0.306. The molecule has 0 aliphatic carbocycles. The summed E-state index contributed by atoms with van der Waals surface area (Å²) in [5.74, 6) is -0.995. The predicted molar refractivity (Wildman–Crippen MR) is 95.0 cm³/mol. The largest absolute Gasteiger partial charge is 0.460 e. The standard InChI is InChI=1S/C20H30O5/c1-19(2,3)25-18(21)12-16-11-17(24-20(4,5)23-16)14-22-13-15-9-7-6-8-10-15/h6-10,16-17H,11-14H2,1-5H3/t16-,17+/m1/s1. The van der Waals surface area contributed by atoms with Gasteiger partial charge < -0.3 is 18.9 Å². The number of esters is 1. The molecule has 0 unspecified atom stereocenters. The Labute approximate surface area is 150 Å². The maximum absolute atomic E-state index is 12.1. The lowest BCUT2D eigenvalue weighted by Crippen LogP contribution is -2.47. The van der Waals surface area contributed by atoms with E-state index in [1.54, 1.807) is 0 Å². The highest BCUT2D eigenvalue weighted by Crippen LogP contribution is 2.29. The maximum atomic E-state index is 12.1. The van der Waals surface area contributed by atoms with Crippen LogP contribution in [0, 0.1) is 0 Å². The molecule has 0 saturated carbocycles. The molecule has 1 aliphatic heterocycles. The normalized spacial score (nSPS) is 23.2. The van der Waals surface area contributed by atoms with Crippen LogP contribution >= 0.6 is 0 Å². The number of benzene rings is 1. The third-order valence-corrected chi connectivity index (χ3v) is 3.66. The smallest absolute Gasteiger partial charge is 0.308 e. The van der Waals surface area contributed by atoms with Gasteiger partial charge in [-0.15, -0.1) is 0 Å². The van der Waals surface area contributed by atoms with Crippen LogP contribution in [-0.4, -0.2) is 36.2 Å². The van der Waals surface area contributed by atoms with Crippen LogP contribution in [-0.2, 0) is 30.3 Å². The SMILES string of the molecule is CC(C)(C)OC(=O)C[C@H]1C[C@@H](COCc2ccccc2)OC(C)(C)O1. The van der Waals surface area contributed by atoms with E-state index in [-0.39, 0.29) is 24.6 Å². The maximum Gasteiger partial charge on any atom is 0.308 e. The molecule has 0 radical (unpaired) electrons. The van der Waals surface area contributed by atoms with E-state index in [2.05, 4.69) is 0 Å². The Kier molecular flexibility index (Phi) is 6.60. The molecule has 2 rings (SSSR count). The van der Waals surface area contributed by atoms with Crippen molar-refractivity contribution in [3.63, 3.8) is 0 Å². The summed E-state index contributed by atoms with van der Waals surface area (Å²) in [5.41, 5.74) is 0.634. The minimum atomic E-state index is -0.744. The van der Waals surface area contributed by atoms with Gasteiger partial charge in [0.2, 0.25) is 0 Å². The number of hydrogen-bond acceptors (Lipinski definition) is 5. The van der Waals surface area contributed by atoms with Crippen LogP contribution in [0.5, 0.6) is 0 Å². The summed E-state index contributed by atoms with van der Waals surface area (Å²) in [6.45, 7) is 10.3. The summed E-state index contributed by atoms with van der Waals surface area (Å²) >= 11 is 0. The first kappa shape index (κ1) is 19.9. The van der Waals surface area contributed by atoms with E-state index >= 15 is 0 Å². The van der Waals surface area contributed by atoms with Gasteiger partial charge in [-0.25, -0.2) is 0 Å². The van der Waals surface area contributed by atoms with Gasteiger partial charge in [0.15, 0.2) is 5.79 Å². The van der Waals surface area contributed by atoms with E-state index in [1.807, 2.05) is 65.0 Å². The Morgan fingerprint density at radius 2 is 1.80 bits per heavy atom. The lowest BCUT2D eigenvalue weighted by atomic mass is 10.1. The molecule has 1 saturated heterocycles. The first-order chi connectivity index (χ1) is 11.6. The highest BCUT2D eigenvalue weighted by Gasteiger charge is 2.37. The average molecular weight is 350 g/mol. The van der Waals surface area contributed by atoms with Crippen molar-refractivity contribution in [3.05, 3.63) is 35.9 Å². The molecule has 1 aromatic carbocycles. The van der Waals surface area contributed by atoms with Gasteiger partial charge in [0, 0.05) is 6.42 Å². The Bertz CT molecular complexity index is 547. The Hall–Kier alpha value is -1.43. The van der Waals surface area contributed by atoms with Gasteiger partial charge in [-0.3, -0.25) is 4.79 Å². The Morgan fingerprint density at radius 3 is 2.44 bits per heavy atom. The van der Waals surface area contributed by atoms with Crippen molar-refractivity contribution >= 4 is 5.97 Å². The fourth-order valence-corrected chi connectivity index (χ4v) is 2.90.